The highest BCUT2D eigenvalue weighted by Crippen LogP contribution is 2.40. The summed E-state index contributed by atoms with van der Waals surface area (Å²) in [6.45, 7) is 0. The molecule has 0 radical (unpaired) electrons. The number of pyridine rings is 1. The van der Waals surface area contributed by atoms with Gasteiger partial charge >= 0.3 is 5.97 Å². The van der Waals surface area contributed by atoms with Gasteiger partial charge in [0.2, 0.25) is 0 Å². The molecule has 0 aliphatic heterocycles. The van der Waals surface area contributed by atoms with Crippen LogP contribution in [0.25, 0.3) is 10.9 Å². The number of aromatic nitrogens is 1. The zero-order chi connectivity index (χ0) is 19.3. The number of aliphatic carboxylic acids is 1. The normalized spacial score (nSPS) is 19.0. The second-order valence-electron chi connectivity index (χ2n) is 7.23. The van der Waals surface area contributed by atoms with Crippen LogP contribution >= 0.6 is 20.2 Å². The average molecular weight is 405 g/mol. The summed E-state index contributed by atoms with van der Waals surface area (Å²) in [5.41, 5.74) is 0.836. The second-order valence-corrected chi connectivity index (χ2v) is 9.18. The molecular formula is C20H24NO4PS. The van der Waals surface area contributed by atoms with Gasteiger partial charge in [0.15, 0.2) is 13.8 Å². The van der Waals surface area contributed by atoms with E-state index in [9.17, 15) is 19.6 Å². The number of benzene rings is 1. The number of thioether (sulfide) groups is 1. The molecule has 2 N–H and O–H groups in total. The summed E-state index contributed by atoms with van der Waals surface area (Å²) in [6.07, 6.45) is 5.71. The third-order valence-electron chi connectivity index (χ3n) is 5.31. The van der Waals surface area contributed by atoms with Crippen LogP contribution in [0, 0.1) is 11.8 Å². The summed E-state index contributed by atoms with van der Waals surface area (Å²) in [6, 6.07) is 11.5. The van der Waals surface area contributed by atoms with Gasteiger partial charge in [0.05, 0.1) is 16.5 Å². The third-order valence-corrected chi connectivity index (χ3v) is 7.42. The lowest BCUT2D eigenvalue weighted by molar-refractivity contribution is -0.147. The summed E-state index contributed by atoms with van der Waals surface area (Å²) in [7, 11) is -0.549. The van der Waals surface area contributed by atoms with Crippen LogP contribution in [0.2, 0.25) is 0 Å². The highest BCUT2D eigenvalue weighted by molar-refractivity contribution is 7.99. The van der Waals surface area contributed by atoms with E-state index in [-0.39, 0.29) is 11.7 Å². The molecule has 3 rings (SSSR count). The largest absolute Gasteiger partial charge is 0.481 e. The van der Waals surface area contributed by atoms with E-state index < -0.39 is 25.7 Å². The summed E-state index contributed by atoms with van der Waals surface area (Å²) >= 11 is 1.24. The number of fused-ring (bicyclic) bond motifs is 1. The van der Waals surface area contributed by atoms with Gasteiger partial charge in [0.25, 0.3) is 0 Å². The average Bonchev–Trinajstić information content (AvgIpc) is 2.70. The fourth-order valence-corrected chi connectivity index (χ4v) is 5.38. The number of carboxylic acids is 1. The standard InChI is InChI=1S/C20H24NO4PS/c22-19(23)16(12-14-6-2-1-3-7-14)20(24,26-25)13-27-18-11-10-15-8-4-5-9-17(15)21-18/h4-5,8-11,14,16,24H,1-3,6-7,12-13H2,(H,22,23). The fraction of sp³-hybridized carbons (Fsp3) is 0.500. The Balaban J connectivity index is 1.72. The van der Waals surface area contributed by atoms with Crippen LogP contribution in [0.5, 0.6) is 0 Å². The molecule has 144 valence electrons. The van der Waals surface area contributed by atoms with Crippen molar-refractivity contribution in [2.45, 2.75) is 48.9 Å². The maximum Gasteiger partial charge on any atom is 0.310 e. The minimum Gasteiger partial charge on any atom is -0.481 e. The summed E-state index contributed by atoms with van der Waals surface area (Å²) < 4.78 is 11.8. The molecular weight excluding hydrogens is 381 g/mol. The number of rotatable bonds is 8. The topological polar surface area (TPSA) is 87.5 Å². The van der Waals surface area contributed by atoms with Crippen molar-refractivity contribution < 1.29 is 19.6 Å². The Morgan fingerprint density at radius 1 is 1.22 bits per heavy atom. The van der Waals surface area contributed by atoms with Crippen molar-refractivity contribution in [3.05, 3.63) is 36.4 Å². The van der Waals surface area contributed by atoms with E-state index in [0.717, 1.165) is 36.6 Å². The van der Waals surface area contributed by atoms with Crippen LogP contribution in [-0.4, -0.2) is 32.3 Å². The highest BCUT2D eigenvalue weighted by Gasteiger charge is 2.44. The van der Waals surface area contributed by atoms with Crippen LogP contribution in [0.3, 0.4) is 0 Å². The number of hydrogen-bond donors (Lipinski definition) is 2. The molecule has 1 aromatic heterocycles. The van der Waals surface area contributed by atoms with Gasteiger partial charge in [-0.3, -0.25) is 9.36 Å². The molecule has 1 fully saturated rings. The molecule has 0 amide bonds. The van der Waals surface area contributed by atoms with Crippen LogP contribution < -0.4 is 0 Å². The van der Waals surface area contributed by atoms with Crippen LogP contribution in [0.1, 0.15) is 38.5 Å². The molecule has 0 spiro atoms. The maximum absolute atomic E-state index is 11.8. The minimum atomic E-state index is -1.80. The lowest BCUT2D eigenvalue weighted by Crippen LogP contribution is -2.41. The number of nitrogens with zero attached hydrogens (tertiary/aromatic N) is 1. The van der Waals surface area contributed by atoms with E-state index in [1.807, 2.05) is 36.4 Å². The Kier molecular flexibility index (Phi) is 6.85. The van der Waals surface area contributed by atoms with Crippen molar-refractivity contribution in [1.82, 2.24) is 4.98 Å². The van der Waals surface area contributed by atoms with E-state index in [4.69, 9.17) is 0 Å². The minimum absolute atomic E-state index is 0.0209. The van der Waals surface area contributed by atoms with Crippen molar-refractivity contribution in [3.8, 4) is 0 Å². The Labute approximate surface area is 164 Å². The first-order valence-electron chi connectivity index (χ1n) is 9.30. The maximum atomic E-state index is 11.8. The van der Waals surface area contributed by atoms with Crippen molar-refractivity contribution in [2.24, 2.45) is 11.8 Å². The van der Waals surface area contributed by atoms with Gasteiger partial charge in [0.1, 0.15) is 0 Å². The molecule has 1 aliphatic rings. The smallest absolute Gasteiger partial charge is 0.310 e. The highest BCUT2D eigenvalue weighted by atomic mass is 32.2. The second kappa shape index (κ2) is 9.13. The van der Waals surface area contributed by atoms with E-state index in [1.165, 1.54) is 18.2 Å². The third kappa shape index (κ3) is 5.07. The Morgan fingerprint density at radius 2 is 1.96 bits per heavy atom. The van der Waals surface area contributed by atoms with E-state index >= 15 is 0 Å². The number of carboxylic acid groups (broad SMARTS) is 1. The molecule has 1 heterocycles. The molecule has 1 saturated carbocycles. The van der Waals surface area contributed by atoms with Gasteiger partial charge in [-0.15, -0.1) is 11.8 Å². The molecule has 0 bridgehead atoms. The van der Waals surface area contributed by atoms with Gasteiger partial charge in [-0.2, -0.15) is 0 Å². The van der Waals surface area contributed by atoms with E-state index in [0.29, 0.717) is 11.4 Å². The number of hydrogen-bond acceptors (Lipinski definition) is 5. The molecule has 2 aromatic rings. The van der Waals surface area contributed by atoms with Gasteiger partial charge in [-0.05, 0) is 24.5 Å². The lowest BCUT2D eigenvalue weighted by atomic mass is 9.81. The van der Waals surface area contributed by atoms with E-state index in [2.05, 4.69) is 4.98 Å². The first-order valence-corrected chi connectivity index (χ1v) is 11.1. The summed E-state index contributed by atoms with van der Waals surface area (Å²) in [4.78, 5) is 16.4. The number of aliphatic hydroxyl groups is 1. The predicted molar refractivity (Wildman–Crippen MR) is 107 cm³/mol. The monoisotopic (exact) mass is 405 g/mol. The number of carbonyl (C=O) groups is 1. The quantitative estimate of drug-likeness (QED) is 0.476. The molecule has 5 nitrogen and oxygen atoms in total. The van der Waals surface area contributed by atoms with Gasteiger partial charge in [-0.25, -0.2) is 4.98 Å². The van der Waals surface area contributed by atoms with Crippen molar-refractivity contribution in [1.29, 1.82) is 0 Å². The summed E-state index contributed by atoms with van der Waals surface area (Å²) in [5, 5.41) is 20.5. The fourth-order valence-electron chi connectivity index (χ4n) is 3.74. The van der Waals surface area contributed by atoms with Crippen LogP contribution in [-0.2, 0) is 9.36 Å². The van der Waals surface area contributed by atoms with Gasteiger partial charge < -0.3 is 10.2 Å². The first-order chi connectivity index (χ1) is 13.0. The SMILES string of the molecule is O=PC(O)(CSc1ccc2ccccc2n1)C(CC1CCCCC1)C(=O)O. The molecule has 27 heavy (non-hydrogen) atoms. The Hall–Kier alpha value is -1.49. The lowest BCUT2D eigenvalue weighted by Gasteiger charge is -2.31. The zero-order valence-electron chi connectivity index (χ0n) is 15.1. The summed E-state index contributed by atoms with van der Waals surface area (Å²) in [5.74, 6) is -1.84. The predicted octanol–water partition coefficient (Wildman–Crippen LogP) is 4.98. The molecule has 2 atom stereocenters. The van der Waals surface area contributed by atoms with E-state index in [1.54, 1.807) is 0 Å². The molecule has 1 aromatic carbocycles. The molecule has 0 saturated heterocycles. The van der Waals surface area contributed by atoms with Gasteiger partial charge in [-0.1, -0.05) is 56.4 Å². The molecule has 2 unspecified atom stereocenters. The van der Waals surface area contributed by atoms with Crippen molar-refractivity contribution >= 4 is 37.1 Å². The Morgan fingerprint density at radius 3 is 2.67 bits per heavy atom. The Bertz CT molecular complexity index is 811. The van der Waals surface area contributed by atoms with Crippen LogP contribution in [0.4, 0.5) is 0 Å². The molecule has 1 aliphatic carbocycles. The zero-order valence-corrected chi connectivity index (χ0v) is 16.8. The molecule has 7 heteroatoms. The van der Waals surface area contributed by atoms with Gasteiger partial charge in [0, 0.05) is 11.1 Å². The van der Waals surface area contributed by atoms with Crippen LogP contribution in [0.15, 0.2) is 41.4 Å². The first kappa shape index (κ1) is 20.2. The number of para-hydroxylation sites is 1. The van der Waals surface area contributed by atoms with Crippen molar-refractivity contribution in [2.75, 3.05) is 5.75 Å². The van der Waals surface area contributed by atoms with Crippen molar-refractivity contribution in [3.63, 3.8) is 0 Å².